The van der Waals surface area contributed by atoms with Crippen molar-refractivity contribution in [2.24, 2.45) is 0 Å². The van der Waals surface area contributed by atoms with Crippen LogP contribution in [0, 0.1) is 12.7 Å². The van der Waals surface area contributed by atoms with Gasteiger partial charge in [0, 0.05) is 22.6 Å². The SMILES string of the molecule is Cc1c(F)cccc1NC(=S)Nc1ccc(NC(=O)c2ccco2)cc1. The van der Waals surface area contributed by atoms with Gasteiger partial charge in [0.1, 0.15) is 5.82 Å². The molecule has 7 heteroatoms. The normalized spacial score (nSPS) is 10.2. The highest BCUT2D eigenvalue weighted by molar-refractivity contribution is 7.80. The van der Waals surface area contributed by atoms with E-state index in [4.69, 9.17) is 16.6 Å². The van der Waals surface area contributed by atoms with Crippen LogP contribution in [-0.2, 0) is 0 Å². The Bertz CT molecular complexity index is 924. The number of rotatable bonds is 4. The number of thiocarbonyl (C=S) groups is 1. The third-order valence-electron chi connectivity index (χ3n) is 3.66. The molecule has 0 radical (unpaired) electrons. The monoisotopic (exact) mass is 369 g/mol. The molecule has 26 heavy (non-hydrogen) atoms. The number of anilines is 3. The van der Waals surface area contributed by atoms with Gasteiger partial charge in [-0.3, -0.25) is 4.79 Å². The summed E-state index contributed by atoms with van der Waals surface area (Å²) in [5, 5.41) is 9.04. The third kappa shape index (κ3) is 4.25. The minimum absolute atomic E-state index is 0.239. The van der Waals surface area contributed by atoms with Gasteiger partial charge in [0.05, 0.1) is 6.26 Å². The van der Waals surface area contributed by atoms with E-state index in [-0.39, 0.29) is 17.5 Å². The van der Waals surface area contributed by atoms with Crippen LogP contribution in [0.5, 0.6) is 0 Å². The fourth-order valence-electron chi connectivity index (χ4n) is 2.26. The Labute approximate surface area is 155 Å². The maximum atomic E-state index is 13.6. The van der Waals surface area contributed by atoms with Crippen LogP contribution in [0.2, 0.25) is 0 Å². The fraction of sp³-hybridized carbons (Fsp3) is 0.0526. The highest BCUT2D eigenvalue weighted by Crippen LogP contribution is 2.19. The molecule has 0 unspecified atom stereocenters. The summed E-state index contributed by atoms with van der Waals surface area (Å²) in [7, 11) is 0. The second-order valence-electron chi connectivity index (χ2n) is 5.50. The van der Waals surface area contributed by atoms with Crippen LogP contribution in [0.4, 0.5) is 21.5 Å². The number of amides is 1. The zero-order chi connectivity index (χ0) is 18.5. The van der Waals surface area contributed by atoms with E-state index in [1.807, 2.05) is 0 Å². The number of carbonyl (C=O) groups excluding carboxylic acids is 1. The largest absolute Gasteiger partial charge is 0.459 e. The fourth-order valence-corrected chi connectivity index (χ4v) is 2.49. The van der Waals surface area contributed by atoms with Gasteiger partial charge in [-0.25, -0.2) is 4.39 Å². The van der Waals surface area contributed by atoms with Gasteiger partial charge >= 0.3 is 0 Å². The van der Waals surface area contributed by atoms with Crippen LogP contribution in [0.3, 0.4) is 0 Å². The number of benzene rings is 2. The molecule has 0 aliphatic carbocycles. The number of halogens is 1. The zero-order valence-corrected chi connectivity index (χ0v) is 14.7. The number of nitrogens with one attached hydrogen (secondary N) is 3. The Morgan fingerprint density at radius 1 is 0.962 bits per heavy atom. The summed E-state index contributed by atoms with van der Waals surface area (Å²) in [6.45, 7) is 1.68. The summed E-state index contributed by atoms with van der Waals surface area (Å²) in [5.41, 5.74) is 2.45. The predicted molar refractivity (Wildman–Crippen MR) is 104 cm³/mol. The van der Waals surface area contributed by atoms with Gasteiger partial charge in [-0.2, -0.15) is 0 Å². The molecule has 0 aliphatic heterocycles. The van der Waals surface area contributed by atoms with Gasteiger partial charge in [0.25, 0.3) is 5.91 Å². The molecule has 3 aromatic rings. The average molecular weight is 369 g/mol. The Balaban J connectivity index is 1.59. The second-order valence-corrected chi connectivity index (χ2v) is 5.91. The van der Waals surface area contributed by atoms with Crippen molar-refractivity contribution in [3.05, 3.63) is 78.0 Å². The van der Waals surface area contributed by atoms with Crippen LogP contribution in [-0.4, -0.2) is 11.0 Å². The van der Waals surface area contributed by atoms with Crippen molar-refractivity contribution in [2.75, 3.05) is 16.0 Å². The first kappa shape index (κ1) is 17.6. The number of carbonyl (C=O) groups is 1. The van der Waals surface area contributed by atoms with Gasteiger partial charge in [0.15, 0.2) is 10.9 Å². The topological polar surface area (TPSA) is 66.3 Å². The summed E-state index contributed by atoms with van der Waals surface area (Å²) in [4.78, 5) is 11.9. The van der Waals surface area contributed by atoms with Crippen LogP contribution in [0.15, 0.2) is 65.3 Å². The lowest BCUT2D eigenvalue weighted by molar-refractivity contribution is 0.0996. The lowest BCUT2D eigenvalue weighted by atomic mass is 10.2. The van der Waals surface area contributed by atoms with E-state index in [1.165, 1.54) is 12.3 Å². The van der Waals surface area contributed by atoms with Gasteiger partial charge in [-0.05, 0) is 67.7 Å². The highest BCUT2D eigenvalue weighted by atomic mass is 32.1. The number of furan rings is 1. The van der Waals surface area contributed by atoms with Crippen molar-refractivity contribution in [2.45, 2.75) is 6.92 Å². The Morgan fingerprint density at radius 3 is 2.31 bits per heavy atom. The molecule has 0 spiro atoms. The summed E-state index contributed by atoms with van der Waals surface area (Å²) in [5.74, 6) is -0.382. The Kier molecular flexibility index (Phi) is 5.28. The van der Waals surface area contributed by atoms with E-state index in [9.17, 15) is 9.18 Å². The van der Waals surface area contributed by atoms with Gasteiger partial charge in [0.2, 0.25) is 0 Å². The third-order valence-corrected chi connectivity index (χ3v) is 3.87. The first-order chi connectivity index (χ1) is 12.5. The molecule has 0 saturated carbocycles. The summed E-state index contributed by atoms with van der Waals surface area (Å²) < 4.78 is 18.6. The lowest BCUT2D eigenvalue weighted by Gasteiger charge is -2.13. The molecule has 0 bridgehead atoms. The quantitative estimate of drug-likeness (QED) is 0.577. The summed E-state index contributed by atoms with van der Waals surface area (Å²) in [6, 6.07) is 15.0. The van der Waals surface area contributed by atoms with Crippen LogP contribution < -0.4 is 16.0 Å². The molecular formula is C19H16FN3O2S. The van der Waals surface area contributed by atoms with Crippen molar-refractivity contribution in [3.63, 3.8) is 0 Å². The minimum Gasteiger partial charge on any atom is -0.459 e. The molecular weight excluding hydrogens is 353 g/mol. The van der Waals surface area contributed by atoms with Crippen molar-refractivity contribution in [1.29, 1.82) is 0 Å². The molecule has 0 saturated heterocycles. The minimum atomic E-state index is -0.325. The lowest BCUT2D eigenvalue weighted by Crippen LogP contribution is -2.19. The van der Waals surface area contributed by atoms with Crippen LogP contribution in [0.1, 0.15) is 16.1 Å². The number of hydrogen-bond donors (Lipinski definition) is 3. The molecule has 0 aliphatic rings. The van der Waals surface area contributed by atoms with Gasteiger partial charge < -0.3 is 20.4 Å². The van der Waals surface area contributed by atoms with E-state index < -0.39 is 0 Å². The molecule has 5 nitrogen and oxygen atoms in total. The molecule has 0 fully saturated rings. The smallest absolute Gasteiger partial charge is 0.291 e. The first-order valence-corrected chi connectivity index (χ1v) is 8.22. The van der Waals surface area contributed by atoms with Crippen molar-refractivity contribution < 1.29 is 13.6 Å². The Morgan fingerprint density at radius 2 is 1.65 bits per heavy atom. The van der Waals surface area contributed by atoms with Crippen LogP contribution in [0.25, 0.3) is 0 Å². The highest BCUT2D eigenvalue weighted by Gasteiger charge is 2.09. The summed E-state index contributed by atoms with van der Waals surface area (Å²) >= 11 is 5.25. The molecule has 132 valence electrons. The van der Waals surface area contributed by atoms with Crippen molar-refractivity contribution >= 4 is 40.3 Å². The van der Waals surface area contributed by atoms with E-state index >= 15 is 0 Å². The van der Waals surface area contributed by atoms with E-state index in [2.05, 4.69) is 16.0 Å². The molecule has 1 amide bonds. The molecule has 3 N–H and O–H groups in total. The van der Waals surface area contributed by atoms with Crippen molar-refractivity contribution in [3.8, 4) is 0 Å². The standard InChI is InChI=1S/C19H16FN3O2S/c1-12-15(20)4-2-5-16(12)23-19(26)22-14-9-7-13(8-10-14)21-18(24)17-6-3-11-25-17/h2-11H,1H3,(H,21,24)(H2,22,23,26). The van der Waals surface area contributed by atoms with Gasteiger partial charge in [-0.15, -0.1) is 0 Å². The summed E-state index contributed by atoms with van der Waals surface area (Å²) in [6.07, 6.45) is 1.44. The van der Waals surface area contributed by atoms with Gasteiger partial charge in [-0.1, -0.05) is 6.07 Å². The Hall–Kier alpha value is -3.19. The number of hydrogen-bond acceptors (Lipinski definition) is 3. The van der Waals surface area contributed by atoms with E-state index in [1.54, 1.807) is 55.5 Å². The maximum Gasteiger partial charge on any atom is 0.291 e. The average Bonchev–Trinajstić information content (AvgIpc) is 3.15. The predicted octanol–water partition coefficient (Wildman–Crippen LogP) is 4.79. The van der Waals surface area contributed by atoms with Crippen LogP contribution >= 0.6 is 12.2 Å². The van der Waals surface area contributed by atoms with E-state index in [0.717, 1.165) is 5.69 Å². The van der Waals surface area contributed by atoms with E-state index in [0.29, 0.717) is 22.1 Å². The second kappa shape index (κ2) is 7.79. The molecule has 3 rings (SSSR count). The zero-order valence-electron chi connectivity index (χ0n) is 13.9. The first-order valence-electron chi connectivity index (χ1n) is 7.81. The molecule has 1 heterocycles. The molecule has 0 atom stereocenters. The maximum absolute atomic E-state index is 13.6. The molecule has 1 aromatic heterocycles. The molecule has 2 aromatic carbocycles. The van der Waals surface area contributed by atoms with Crippen molar-refractivity contribution in [1.82, 2.24) is 0 Å².